The molecule has 1 N–H and O–H groups in total. The van der Waals surface area contributed by atoms with Crippen LogP contribution in [0.4, 0.5) is 0 Å². The Bertz CT molecular complexity index is 275. The molecule has 4 nitrogen and oxygen atoms in total. The van der Waals surface area contributed by atoms with Crippen molar-refractivity contribution in [2.75, 3.05) is 33.3 Å². The largest absolute Gasteiger partial charge is 0.380 e. The number of carbonyl (C=O) groups excluding carboxylic acids is 1. The molecule has 1 amide bonds. The zero-order chi connectivity index (χ0) is 12.3. The lowest BCUT2D eigenvalue weighted by molar-refractivity contribution is -0.141. The van der Waals surface area contributed by atoms with Gasteiger partial charge in [-0.2, -0.15) is 0 Å². The summed E-state index contributed by atoms with van der Waals surface area (Å²) < 4.78 is 5.34. The van der Waals surface area contributed by atoms with E-state index in [2.05, 4.69) is 12.2 Å². The van der Waals surface area contributed by atoms with Crippen LogP contribution in [0.1, 0.15) is 32.6 Å². The number of methoxy groups -OCH3 is 1. The van der Waals surface area contributed by atoms with Gasteiger partial charge in [0.2, 0.25) is 5.91 Å². The molecule has 0 aliphatic carbocycles. The van der Waals surface area contributed by atoms with Crippen molar-refractivity contribution in [3.05, 3.63) is 0 Å². The van der Waals surface area contributed by atoms with Crippen LogP contribution < -0.4 is 5.32 Å². The second-order valence-electron chi connectivity index (χ2n) is 5.35. The van der Waals surface area contributed by atoms with Gasteiger partial charge in [-0.1, -0.05) is 13.3 Å². The predicted molar refractivity (Wildman–Crippen MR) is 66.8 cm³/mol. The van der Waals surface area contributed by atoms with E-state index < -0.39 is 0 Å². The van der Waals surface area contributed by atoms with Gasteiger partial charge in [0.05, 0.1) is 11.5 Å². The number of nitrogens with zero attached hydrogens (tertiary/aromatic N) is 1. The van der Waals surface area contributed by atoms with E-state index in [4.69, 9.17) is 4.74 Å². The van der Waals surface area contributed by atoms with Gasteiger partial charge in [0.15, 0.2) is 0 Å². The van der Waals surface area contributed by atoms with Gasteiger partial charge >= 0.3 is 0 Å². The molecule has 2 atom stereocenters. The van der Waals surface area contributed by atoms with E-state index in [0.29, 0.717) is 5.91 Å². The SMILES string of the molecule is CCCC1(C(=O)N2CCC(OC)C2)CCNC1. The summed E-state index contributed by atoms with van der Waals surface area (Å²) in [4.78, 5) is 14.7. The number of nitrogens with one attached hydrogen (secondary N) is 1. The first kappa shape index (κ1) is 12.8. The highest BCUT2D eigenvalue weighted by atomic mass is 16.5. The average molecular weight is 240 g/mol. The molecule has 4 heteroatoms. The zero-order valence-corrected chi connectivity index (χ0v) is 11.0. The van der Waals surface area contributed by atoms with Crippen molar-refractivity contribution in [2.45, 2.75) is 38.7 Å². The van der Waals surface area contributed by atoms with Crippen LogP contribution in [0.5, 0.6) is 0 Å². The smallest absolute Gasteiger partial charge is 0.230 e. The molecule has 0 spiro atoms. The molecule has 2 rings (SSSR count). The van der Waals surface area contributed by atoms with Crippen molar-refractivity contribution in [1.82, 2.24) is 10.2 Å². The van der Waals surface area contributed by atoms with Gasteiger partial charge in [-0.15, -0.1) is 0 Å². The van der Waals surface area contributed by atoms with Crippen molar-refractivity contribution in [1.29, 1.82) is 0 Å². The second kappa shape index (κ2) is 5.36. The first-order valence-electron chi connectivity index (χ1n) is 6.75. The Hall–Kier alpha value is -0.610. The second-order valence-corrected chi connectivity index (χ2v) is 5.35. The molecule has 2 fully saturated rings. The molecule has 0 aromatic rings. The third-order valence-electron chi connectivity index (χ3n) is 4.19. The average Bonchev–Trinajstić information content (AvgIpc) is 2.97. The Morgan fingerprint density at radius 2 is 2.41 bits per heavy atom. The lowest BCUT2D eigenvalue weighted by Gasteiger charge is -2.31. The van der Waals surface area contributed by atoms with Crippen molar-refractivity contribution < 1.29 is 9.53 Å². The van der Waals surface area contributed by atoms with Crippen LogP contribution in [0.15, 0.2) is 0 Å². The third kappa shape index (κ3) is 2.47. The van der Waals surface area contributed by atoms with Gasteiger partial charge in [-0.3, -0.25) is 4.79 Å². The summed E-state index contributed by atoms with van der Waals surface area (Å²) >= 11 is 0. The van der Waals surface area contributed by atoms with E-state index in [1.165, 1.54) is 0 Å². The van der Waals surface area contributed by atoms with Gasteiger partial charge in [0.1, 0.15) is 0 Å². The maximum absolute atomic E-state index is 12.7. The number of hydrogen-bond donors (Lipinski definition) is 1. The first-order valence-corrected chi connectivity index (χ1v) is 6.75. The maximum atomic E-state index is 12.7. The molecule has 17 heavy (non-hydrogen) atoms. The summed E-state index contributed by atoms with van der Waals surface area (Å²) in [6, 6.07) is 0. The first-order chi connectivity index (χ1) is 8.22. The number of likely N-dealkylation sites (tertiary alicyclic amines) is 1. The fourth-order valence-electron chi connectivity index (χ4n) is 3.17. The van der Waals surface area contributed by atoms with Crippen molar-refractivity contribution in [3.8, 4) is 0 Å². The minimum atomic E-state index is -0.128. The Morgan fingerprint density at radius 3 is 2.94 bits per heavy atom. The lowest BCUT2D eigenvalue weighted by Crippen LogP contribution is -2.44. The molecular weight excluding hydrogens is 216 g/mol. The van der Waals surface area contributed by atoms with Gasteiger partial charge in [-0.05, 0) is 25.8 Å². The Balaban J connectivity index is 2.02. The highest BCUT2D eigenvalue weighted by Crippen LogP contribution is 2.34. The maximum Gasteiger partial charge on any atom is 0.230 e. The van der Waals surface area contributed by atoms with Crippen LogP contribution in [0.25, 0.3) is 0 Å². The highest BCUT2D eigenvalue weighted by Gasteiger charge is 2.44. The van der Waals surface area contributed by atoms with Gasteiger partial charge < -0.3 is 15.0 Å². The summed E-state index contributed by atoms with van der Waals surface area (Å²) in [5.41, 5.74) is -0.128. The standard InChI is InChI=1S/C13H24N2O2/c1-3-5-13(6-7-14-10-13)12(16)15-8-4-11(9-15)17-2/h11,14H,3-10H2,1-2H3. The molecular formula is C13H24N2O2. The normalized spacial score (nSPS) is 33.3. The molecule has 0 aromatic heterocycles. The minimum absolute atomic E-state index is 0.128. The molecule has 2 unspecified atom stereocenters. The van der Waals surface area contributed by atoms with E-state index in [1.807, 2.05) is 4.90 Å². The van der Waals surface area contributed by atoms with E-state index in [9.17, 15) is 4.79 Å². The molecule has 98 valence electrons. The van der Waals surface area contributed by atoms with Crippen LogP contribution in [0.2, 0.25) is 0 Å². The van der Waals surface area contributed by atoms with Crippen LogP contribution in [-0.4, -0.2) is 50.2 Å². The number of amides is 1. The molecule has 0 aromatic carbocycles. The fraction of sp³-hybridized carbons (Fsp3) is 0.923. The van der Waals surface area contributed by atoms with E-state index >= 15 is 0 Å². The topological polar surface area (TPSA) is 41.6 Å². The van der Waals surface area contributed by atoms with Crippen molar-refractivity contribution in [2.24, 2.45) is 5.41 Å². The zero-order valence-electron chi connectivity index (χ0n) is 11.0. The summed E-state index contributed by atoms with van der Waals surface area (Å²) in [6.45, 7) is 5.64. The highest BCUT2D eigenvalue weighted by molar-refractivity contribution is 5.83. The summed E-state index contributed by atoms with van der Waals surface area (Å²) in [6.07, 6.45) is 4.31. The molecule has 2 saturated heterocycles. The summed E-state index contributed by atoms with van der Waals surface area (Å²) in [5.74, 6) is 0.351. The monoisotopic (exact) mass is 240 g/mol. The lowest BCUT2D eigenvalue weighted by atomic mass is 9.81. The van der Waals surface area contributed by atoms with E-state index in [-0.39, 0.29) is 11.5 Å². The molecule has 2 aliphatic rings. The Morgan fingerprint density at radius 1 is 1.59 bits per heavy atom. The van der Waals surface area contributed by atoms with Gasteiger partial charge in [0.25, 0.3) is 0 Å². The third-order valence-corrected chi connectivity index (χ3v) is 4.19. The van der Waals surface area contributed by atoms with Crippen LogP contribution in [-0.2, 0) is 9.53 Å². The van der Waals surface area contributed by atoms with E-state index in [0.717, 1.165) is 51.9 Å². The summed E-state index contributed by atoms with van der Waals surface area (Å²) in [7, 11) is 1.73. The van der Waals surface area contributed by atoms with Gasteiger partial charge in [0, 0.05) is 26.7 Å². The van der Waals surface area contributed by atoms with Crippen LogP contribution in [0, 0.1) is 5.41 Å². The molecule has 2 heterocycles. The predicted octanol–water partition coefficient (Wildman–Crippen LogP) is 1.01. The van der Waals surface area contributed by atoms with E-state index in [1.54, 1.807) is 7.11 Å². The van der Waals surface area contributed by atoms with Crippen molar-refractivity contribution >= 4 is 5.91 Å². The molecule has 0 radical (unpaired) electrons. The van der Waals surface area contributed by atoms with Gasteiger partial charge in [-0.25, -0.2) is 0 Å². The van der Waals surface area contributed by atoms with Crippen LogP contribution in [0.3, 0.4) is 0 Å². The number of rotatable bonds is 4. The quantitative estimate of drug-likeness (QED) is 0.797. The molecule has 0 saturated carbocycles. The number of ether oxygens (including phenoxy) is 1. The number of hydrogen-bond acceptors (Lipinski definition) is 3. The Kier molecular flexibility index (Phi) is 4.05. The Labute approximate surface area is 104 Å². The summed E-state index contributed by atoms with van der Waals surface area (Å²) in [5, 5.41) is 3.35. The molecule has 2 aliphatic heterocycles. The molecule has 0 bridgehead atoms. The fourth-order valence-corrected chi connectivity index (χ4v) is 3.17. The van der Waals surface area contributed by atoms with Crippen LogP contribution >= 0.6 is 0 Å². The van der Waals surface area contributed by atoms with Crippen molar-refractivity contribution in [3.63, 3.8) is 0 Å². The minimum Gasteiger partial charge on any atom is -0.380 e. The number of carbonyl (C=O) groups is 1.